The summed E-state index contributed by atoms with van der Waals surface area (Å²) in [6, 6.07) is 6.46. The third kappa shape index (κ3) is 4.17. The molecule has 0 radical (unpaired) electrons. The van der Waals surface area contributed by atoms with E-state index in [0.717, 1.165) is 24.8 Å². The Kier molecular flexibility index (Phi) is 5.73. The van der Waals surface area contributed by atoms with Gasteiger partial charge >= 0.3 is 5.97 Å². The van der Waals surface area contributed by atoms with E-state index in [0.29, 0.717) is 23.3 Å². The Hall–Kier alpha value is -2.17. The van der Waals surface area contributed by atoms with Crippen molar-refractivity contribution < 1.29 is 19.1 Å². The first-order valence-electron chi connectivity index (χ1n) is 11.3. The Morgan fingerprint density at radius 2 is 1.53 bits per heavy atom. The van der Waals surface area contributed by atoms with Crippen molar-refractivity contribution in [3.63, 3.8) is 0 Å². The maximum atomic E-state index is 13.3. The number of ketones is 1. The zero-order valence-electron chi connectivity index (χ0n) is 18.3. The standard InChI is InChI=1S/C25H33NO4/c1-15(2)22(23(28)30-14-21(27)20-6-4-16(3)5-7-20)26-24(29)25-11-17-8-18(12-25)10-19(9-17)13-25/h4-7,15,17-19,22H,8-14H2,1-3H3,(H,26,29). The highest BCUT2D eigenvalue weighted by Gasteiger charge is 2.55. The Bertz CT molecular complexity index is 791. The first-order chi connectivity index (χ1) is 14.3. The van der Waals surface area contributed by atoms with Gasteiger partial charge in [0.1, 0.15) is 6.04 Å². The van der Waals surface area contributed by atoms with Crippen LogP contribution in [-0.4, -0.2) is 30.3 Å². The molecule has 30 heavy (non-hydrogen) atoms. The topological polar surface area (TPSA) is 72.5 Å². The molecule has 4 bridgehead atoms. The minimum atomic E-state index is -0.726. The van der Waals surface area contributed by atoms with Crippen LogP contribution in [-0.2, 0) is 14.3 Å². The second-order valence-corrected chi connectivity index (χ2v) is 10.3. The van der Waals surface area contributed by atoms with Gasteiger partial charge in [-0.1, -0.05) is 43.7 Å². The van der Waals surface area contributed by atoms with E-state index in [4.69, 9.17) is 4.74 Å². The van der Waals surface area contributed by atoms with Crippen LogP contribution in [0.4, 0.5) is 0 Å². The second-order valence-electron chi connectivity index (χ2n) is 10.3. The van der Waals surface area contributed by atoms with Gasteiger partial charge in [-0.3, -0.25) is 9.59 Å². The lowest BCUT2D eigenvalue weighted by Crippen LogP contribution is -2.57. The van der Waals surface area contributed by atoms with Gasteiger partial charge in [0, 0.05) is 11.0 Å². The van der Waals surface area contributed by atoms with Crippen molar-refractivity contribution >= 4 is 17.7 Å². The van der Waals surface area contributed by atoms with Crippen LogP contribution in [0.5, 0.6) is 0 Å². The average molecular weight is 412 g/mol. The Morgan fingerprint density at radius 1 is 1.00 bits per heavy atom. The van der Waals surface area contributed by atoms with E-state index in [1.54, 1.807) is 12.1 Å². The number of Topliss-reactive ketones (excluding diaryl/α,β-unsaturated/α-hetero) is 1. The van der Waals surface area contributed by atoms with Gasteiger partial charge in [0.2, 0.25) is 5.91 Å². The maximum Gasteiger partial charge on any atom is 0.329 e. The Morgan fingerprint density at radius 3 is 2.03 bits per heavy atom. The SMILES string of the molecule is Cc1ccc(C(=O)COC(=O)C(NC(=O)C23CC4CC(CC(C4)C2)C3)C(C)C)cc1. The van der Waals surface area contributed by atoms with E-state index >= 15 is 0 Å². The van der Waals surface area contributed by atoms with E-state index in [9.17, 15) is 14.4 Å². The first kappa shape index (κ1) is 21.1. The van der Waals surface area contributed by atoms with Crippen molar-refractivity contribution in [2.45, 2.75) is 65.3 Å². The number of esters is 1. The molecular formula is C25H33NO4. The fraction of sp³-hybridized carbons (Fsp3) is 0.640. The van der Waals surface area contributed by atoms with Crippen LogP contribution in [0.1, 0.15) is 68.3 Å². The van der Waals surface area contributed by atoms with Crippen molar-refractivity contribution in [1.82, 2.24) is 5.32 Å². The molecule has 5 rings (SSSR count). The molecule has 0 heterocycles. The van der Waals surface area contributed by atoms with Crippen LogP contribution >= 0.6 is 0 Å². The molecular weight excluding hydrogens is 378 g/mol. The van der Waals surface area contributed by atoms with Crippen molar-refractivity contribution in [2.24, 2.45) is 29.1 Å². The van der Waals surface area contributed by atoms with Gasteiger partial charge < -0.3 is 10.1 Å². The third-order valence-corrected chi connectivity index (χ3v) is 7.45. The minimum absolute atomic E-state index is 0.0158. The lowest BCUT2D eigenvalue weighted by molar-refractivity contribution is -0.154. The Labute approximate surface area is 178 Å². The smallest absolute Gasteiger partial charge is 0.329 e. The van der Waals surface area contributed by atoms with E-state index in [-0.39, 0.29) is 29.6 Å². The number of nitrogens with one attached hydrogen (secondary N) is 1. The van der Waals surface area contributed by atoms with E-state index in [1.165, 1.54) is 19.3 Å². The fourth-order valence-electron chi connectivity index (χ4n) is 6.23. The fourth-order valence-corrected chi connectivity index (χ4v) is 6.23. The molecule has 162 valence electrons. The van der Waals surface area contributed by atoms with Crippen LogP contribution in [0, 0.1) is 36.0 Å². The molecule has 1 amide bonds. The normalized spacial score (nSPS) is 30.2. The summed E-state index contributed by atoms with van der Waals surface area (Å²) in [5, 5.41) is 3.02. The second kappa shape index (κ2) is 8.16. The number of carbonyl (C=O) groups is 3. The van der Waals surface area contributed by atoms with Crippen molar-refractivity contribution in [3.05, 3.63) is 35.4 Å². The summed E-state index contributed by atoms with van der Waals surface area (Å²) in [6.45, 7) is 5.44. The summed E-state index contributed by atoms with van der Waals surface area (Å²) >= 11 is 0. The number of aryl methyl sites for hydroxylation is 1. The average Bonchev–Trinajstić information content (AvgIpc) is 2.69. The number of hydrogen-bond donors (Lipinski definition) is 1. The van der Waals surface area contributed by atoms with Crippen molar-refractivity contribution in [2.75, 3.05) is 6.61 Å². The zero-order chi connectivity index (χ0) is 21.5. The molecule has 0 saturated heterocycles. The summed E-state index contributed by atoms with van der Waals surface area (Å²) < 4.78 is 5.33. The summed E-state index contributed by atoms with van der Waals surface area (Å²) in [6.07, 6.45) is 6.67. The largest absolute Gasteiger partial charge is 0.456 e. The molecule has 4 aliphatic rings. The monoisotopic (exact) mass is 411 g/mol. The number of rotatable bonds is 7. The molecule has 1 atom stereocenters. The number of benzene rings is 1. The molecule has 0 aliphatic heterocycles. The lowest BCUT2D eigenvalue weighted by atomic mass is 9.49. The first-order valence-corrected chi connectivity index (χ1v) is 11.3. The number of ether oxygens (including phenoxy) is 1. The summed E-state index contributed by atoms with van der Waals surface area (Å²) in [5.41, 5.74) is 1.28. The summed E-state index contributed by atoms with van der Waals surface area (Å²) in [4.78, 5) is 38.4. The molecule has 1 unspecified atom stereocenters. The molecule has 4 aliphatic carbocycles. The van der Waals surface area contributed by atoms with Crippen LogP contribution in [0.2, 0.25) is 0 Å². The van der Waals surface area contributed by atoms with Crippen molar-refractivity contribution in [1.29, 1.82) is 0 Å². The predicted octanol–water partition coefficient (Wildman–Crippen LogP) is 4.08. The van der Waals surface area contributed by atoms with Gasteiger partial charge in [-0.15, -0.1) is 0 Å². The van der Waals surface area contributed by atoms with Crippen LogP contribution in [0.3, 0.4) is 0 Å². The highest BCUT2D eigenvalue weighted by atomic mass is 16.5. The molecule has 1 aromatic carbocycles. The molecule has 5 nitrogen and oxygen atoms in total. The molecule has 4 fully saturated rings. The van der Waals surface area contributed by atoms with E-state index in [2.05, 4.69) is 5.32 Å². The maximum absolute atomic E-state index is 13.3. The van der Waals surface area contributed by atoms with Crippen LogP contribution < -0.4 is 5.32 Å². The number of hydrogen-bond acceptors (Lipinski definition) is 4. The van der Waals surface area contributed by atoms with Gasteiger partial charge in [0.25, 0.3) is 0 Å². The van der Waals surface area contributed by atoms with E-state index < -0.39 is 12.0 Å². The highest BCUT2D eigenvalue weighted by Crippen LogP contribution is 2.60. The van der Waals surface area contributed by atoms with Gasteiger partial charge in [-0.2, -0.15) is 0 Å². The molecule has 0 aromatic heterocycles. The van der Waals surface area contributed by atoms with Gasteiger partial charge in [0.05, 0.1) is 0 Å². The predicted molar refractivity (Wildman–Crippen MR) is 114 cm³/mol. The molecule has 1 N–H and O–H groups in total. The minimum Gasteiger partial charge on any atom is -0.456 e. The van der Waals surface area contributed by atoms with Gasteiger partial charge in [-0.25, -0.2) is 4.79 Å². The van der Waals surface area contributed by atoms with Crippen molar-refractivity contribution in [3.8, 4) is 0 Å². The molecule has 5 heteroatoms. The molecule has 0 spiro atoms. The Balaban J connectivity index is 1.37. The number of carbonyl (C=O) groups excluding carboxylic acids is 3. The number of amides is 1. The third-order valence-electron chi connectivity index (χ3n) is 7.45. The molecule has 1 aromatic rings. The highest BCUT2D eigenvalue weighted by molar-refractivity contribution is 5.98. The van der Waals surface area contributed by atoms with Crippen LogP contribution in [0.15, 0.2) is 24.3 Å². The van der Waals surface area contributed by atoms with Crippen LogP contribution in [0.25, 0.3) is 0 Å². The quantitative estimate of drug-likeness (QED) is 0.542. The lowest BCUT2D eigenvalue weighted by Gasteiger charge is -2.55. The molecule has 4 saturated carbocycles. The summed E-state index contributed by atoms with van der Waals surface area (Å²) in [5.74, 6) is 1.14. The van der Waals surface area contributed by atoms with Gasteiger partial charge in [-0.05, 0) is 69.1 Å². The van der Waals surface area contributed by atoms with E-state index in [1.807, 2.05) is 32.9 Å². The summed E-state index contributed by atoms with van der Waals surface area (Å²) in [7, 11) is 0. The van der Waals surface area contributed by atoms with Gasteiger partial charge in [0.15, 0.2) is 12.4 Å². The zero-order valence-corrected chi connectivity index (χ0v) is 18.3.